The van der Waals surface area contributed by atoms with Crippen LogP contribution in [0.3, 0.4) is 0 Å². The molecule has 82 valence electrons. The van der Waals surface area contributed by atoms with Crippen molar-refractivity contribution in [2.75, 3.05) is 20.7 Å². The molecule has 1 fully saturated rings. The summed E-state index contributed by atoms with van der Waals surface area (Å²) in [6.45, 7) is 0.450. The molecule has 1 heterocycles. The summed E-state index contributed by atoms with van der Waals surface area (Å²) < 4.78 is 20.2. The number of likely N-dealkylation sites (N-methyl/N-ethyl adjacent to an activating group) is 1. The van der Waals surface area contributed by atoms with Crippen LogP contribution in [0.25, 0.3) is 0 Å². The normalized spacial score (nSPS) is 30.4. The Labute approximate surface area is 84.7 Å². The molecule has 0 bridgehead atoms. The lowest BCUT2D eigenvalue weighted by Gasteiger charge is -2.12. The second-order valence-electron chi connectivity index (χ2n) is 3.12. The van der Waals surface area contributed by atoms with Crippen LogP contribution in [0, 0.1) is 0 Å². The summed E-state index contributed by atoms with van der Waals surface area (Å²) in [4.78, 5) is 12.4. The van der Waals surface area contributed by atoms with Gasteiger partial charge in [-0.05, 0) is 7.05 Å². The van der Waals surface area contributed by atoms with E-state index in [0.717, 1.165) is 0 Å². The molecule has 0 saturated carbocycles. The lowest BCUT2D eigenvalue weighted by Crippen LogP contribution is -2.32. The Hall–Kier alpha value is -0.500. The van der Waals surface area contributed by atoms with Crippen LogP contribution >= 0.6 is 0 Å². The van der Waals surface area contributed by atoms with E-state index in [4.69, 9.17) is 9.29 Å². The largest absolute Gasteiger partial charge is 0.480 e. The molecule has 3 atom stereocenters. The van der Waals surface area contributed by atoms with Crippen molar-refractivity contribution in [3.8, 4) is 0 Å². The molecule has 1 rings (SSSR count). The van der Waals surface area contributed by atoms with Gasteiger partial charge in [-0.25, -0.2) is 0 Å². The number of carboxylic acid groups (broad SMARTS) is 1. The molecule has 0 radical (unpaired) electrons. The number of carboxylic acids is 1. The first-order chi connectivity index (χ1) is 6.54. The zero-order chi connectivity index (χ0) is 10.7. The van der Waals surface area contributed by atoms with Gasteiger partial charge in [-0.3, -0.25) is 18.1 Å². The smallest absolute Gasteiger partial charge is 0.321 e. The van der Waals surface area contributed by atoms with Gasteiger partial charge in [0.2, 0.25) is 0 Å². The summed E-state index contributed by atoms with van der Waals surface area (Å²) in [7, 11) is 2.96. The van der Waals surface area contributed by atoms with E-state index < -0.39 is 23.4 Å². The van der Waals surface area contributed by atoms with E-state index in [1.807, 2.05) is 0 Å². The summed E-state index contributed by atoms with van der Waals surface area (Å²) in [6.07, 6.45) is -0.0112. The van der Waals surface area contributed by atoms with Gasteiger partial charge in [-0.15, -0.1) is 0 Å². The fraction of sp³-hybridized carbons (Fsp3) is 0.857. The van der Waals surface area contributed by atoms with Crippen molar-refractivity contribution in [3.63, 3.8) is 0 Å². The highest BCUT2D eigenvalue weighted by atomic mass is 32.2. The number of aliphatic carboxylic acids is 1. The van der Waals surface area contributed by atoms with E-state index in [-0.39, 0.29) is 6.10 Å². The lowest BCUT2D eigenvalue weighted by molar-refractivity contribution is -0.141. The van der Waals surface area contributed by atoms with Gasteiger partial charge in [-0.1, -0.05) is 0 Å². The van der Waals surface area contributed by atoms with Crippen LogP contribution in [0.1, 0.15) is 6.42 Å². The summed E-state index contributed by atoms with van der Waals surface area (Å²) in [5.41, 5.74) is 0. The minimum absolute atomic E-state index is 0.334. The Morgan fingerprint density at radius 1 is 1.64 bits per heavy atom. The number of hydrogen-bond acceptors (Lipinski definition) is 5. The fourth-order valence-corrected chi connectivity index (χ4v) is 1.90. The highest BCUT2D eigenvalue weighted by molar-refractivity contribution is 7.75. The summed E-state index contributed by atoms with van der Waals surface area (Å²) in [5.74, 6) is -0.887. The predicted molar refractivity (Wildman–Crippen MR) is 48.7 cm³/mol. The van der Waals surface area contributed by atoms with Crippen molar-refractivity contribution in [1.29, 1.82) is 0 Å². The average Bonchev–Trinajstić information content (AvgIpc) is 2.46. The van der Waals surface area contributed by atoms with Gasteiger partial charge in [0.05, 0.1) is 13.2 Å². The average molecular weight is 223 g/mol. The van der Waals surface area contributed by atoms with E-state index in [1.165, 1.54) is 7.11 Å². The Balaban J connectivity index is 2.46. The molecule has 0 spiro atoms. The van der Waals surface area contributed by atoms with Gasteiger partial charge < -0.3 is 5.11 Å². The molecular formula is C7H13NO5S. The quantitative estimate of drug-likeness (QED) is 0.685. The topological polar surface area (TPSA) is 76.1 Å². The molecule has 0 aliphatic carbocycles. The molecule has 1 aliphatic rings. The molecule has 0 amide bonds. The van der Waals surface area contributed by atoms with E-state index >= 15 is 0 Å². The Kier molecular flexibility index (Phi) is 3.99. The van der Waals surface area contributed by atoms with Crippen LogP contribution in [0.15, 0.2) is 0 Å². The molecule has 6 nitrogen and oxygen atoms in total. The van der Waals surface area contributed by atoms with Crippen LogP contribution in [-0.4, -0.2) is 53.0 Å². The van der Waals surface area contributed by atoms with Crippen LogP contribution in [0.5, 0.6) is 0 Å². The zero-order valence-electron chi connectivity index (χ0n) is 8.00. The molecule has 1 aliphatic heterocycles. The maximum Gasteiger partial charge on any atom is 0.321 e. The standard InChI is InChI=1S/C7H13NO5S/c1-8-4-5(13-14(11)12-2)3-6(8)7(9)10/h5-6H,3-4H2,1-2H3,(H,9,10). The number of carbonyl (C=O) groups is 1. The van der Waals surface area contributed by atoms with Crippen LogP contribution in [0.2, 0.25) is 0 Å². The zero-order valence-corrected chi connectivity index (χ0v) is 8.82. The van der Waals surface area contributed by atoms with Crippen molar-refractivity contribution >= 4 is 17.3 Å². The highest BCUT2D eigenvalue weighted by Crippen LogP contribution is 2.19. The van der Waals surface area contributed by atoms with Crippen molar-refractivity contribution in [2.45, 2.75) is 18.6 Å². The predicted octanol–water partition coefficient (Wildman–Crippen LogP) is -0.615. The molecular weight excluding hydrogens is 210 g/mol. The molecule has 0 aromatic rings. The molecule has 1 N–H and O–H groups in total. The number of hydrogen-bond donors (Lipinski definition) is 1. The number of nitrogens with zero attached hydrogens (tertiary/aromatic N) is 1. The van der Waals surface area contributed by atoms with Gasteiger partial charge in [0.25, 0.3) is 0 Å². The van der Waals surface area contributed by atoms with Crippen LogP contribution in [-0.2, 0) is 24.5 Å². The Morgan fingerprint density at radius 3 is 2.71 bits per heavy atom. The monoisotopic (exact) mass is 223 g/mol. The van der Waals surface area contributed by atoms with Crippen molar-refractivity contribution in [2.24, 2.45) is 0 Å². The van der Waals surface area contributed by atoms with E-state index in [2.05, 4.69) is 4.18 Å². The summed E-state index contributed by atoms with van der Waals surface area (Å²) in [5, 5.41) is 8.79. The van der Waals surface area contributed by atoms with Gasteiger partial charge in [-0.2, -0.15) is 4.21 Å². The third-order valence-corrected chi connectivity index (χ3v) is 2.85. The van der Waals surface area contributed by atoms with Crippen LogP contribution in [0.4, 0.5) is 0 Å². The Bertz CT molecular complexity index is 246. The van der Waals surface area contributed by atoms with Crippen molar-refractivity contribution in [3.05, 3.63) is 0 Å². The highest BCUT2D eigenvalue weighted by Gasteiger charge is 2.36. The van der Waals surface area contributed by atoms with Gasteiger partial charge in [0.15, 0.2) is 0 Å². The molecule has 7 heteroatoms. The first-order valence-electron chi connectivity index (χ1n) is 4.11. The van der Waals surface area contributed by atoms with Gasteiger partial charge in [0, 0.05) is 13.0 Å². The molecule has 0 aromatic heterocycles. The Morgan fingerprint density at radius 2 is 2.29 bits per heavy atom. The third-order valence-electron chi connectivity index (χ3n) is 2.15. The summed E-state index contributed by atoms with van der Waals surface area (Å²) in [6, 6.07) is -0.561. The first-order valence-corrected chi connectivity index (χ1v) is 5.11. The lowest BCUT2D eigenvalue weighted by atomic mass is 10.2. The molecule has 14 heavy (non-hydrogen) atoms. The second-order valence-corrected chi connectivity index (χ2v) is 4.05. The molecule has 1 saturated heterocycles. The SMILES string of the molecule is COS(=O)OC1CC(C(=O)O)N(C)C1. The number of rotatable bonds is 4. The molecule has 0 aromatic carbocycles. The minimum Gasteiger partial charge on any atom is -0.480 e. The molecule has 3 unspecified atom stereocenters. The first kappa shape index (κ1) is 11.6. The fourth-order valence-electron chi connectivity index (χ4n) is 1.46. The maximum absolute atomic E-state index is 10.9. The summed E-state index contributed by atoms with van der Waals surface area (Å²) >= 11 is -1.78. The second kappa shape index (κ2) is 4.83. The maximum atomic E-state index is 10.9. The van der Waals surface area contributed by atoms with Gasteiger partial charge >= 0.3 is 17.3 Å². The van der Waals surface area contributed by atoms with Gasteiger partial charge in [0.1, 0.15) is 6.04 Å². The van der Waals surface area contributed by atoms with Crippen molar-refractivity contribution in [1.82, 2.24) is 4.90 Å². The van der Waals surface area contributed by atoms with Crippen LogP contribution < -0.4 is 0 Å². The van der Waals surface area contributed by atoms with E-state index in [1.54, 1.807) is 11.9 Å². The van der Waals surface area contributed by atoms with Crippen molar-refractivity contribution < 1.29 is 22.5 Å². The third kappa shape index (κ3) is 2.74. The van der Waals surface area contributed by atoms with E-state index in [9.17, 15) is 9.00 Å². The minimum atomic E-state index is -1.78. The van der Waals surface area contributed by atoms with E-state index in [0.29, 0.717) is 13.0 Å². The number of likely N-dealkylation sites (tertiary alicyclic amines) is 1.